The van der Waals surface area contributed by atoms with E-state index >= 15 is 0 Å². The standard InChI is InChI=1S/C10H11F2NO.ClH/c11-9-2-1-7(5-10(9)12)14-8-3-4-13-6-8;/h1-2,5,8,13H,3-4,6H2;1H/t8-;/m1./s1. The predicted molar refractivity (Wildman–Crippen MR) is 55.5 cm³/mol. The van der Waals surface area contributed by atoms with Gasteiger partial charge in [-0.1, -0.05) is 0 Å². The van der Waals surface area contributed by atoms with E-state index in [1.165, 1.54) is 6.07 Å². The Morgan fingerprint density at radius 2 is 2.07 bits per heavy atom. The van der Waals surface area contributed by atoms with E-state index in [1.807, 2.05) is 0 Å². The van der Waals surface area contributed by atoms with Crippen LogP contribution in [0.5, 0.6) is 5.75 Å². The topological polar surface area (TPSA) is 21.3 Å². The summed E-state index contributed by atoms with van der Waals surface area (Å²) in [6, 6.07) is 3.59. The predicted octanol–water partition coefficient (Wildman–Crippen LogP) is 2.13. The van der Waals surface area contributed by atoms with Crippen LogP contribution in [0.1, 0.15) is 6.42 Å². The highest BCUT2D eigenvalue weighted by Gasteiger charge is 2.16. The Labute approximate surface area is 93.0 Å². The molecule has 1 aromatic carbocycles. The van der Waals surface area contributed by atoms with E-state index in [0.717, 1.165) is 31.6 Å². The molecule has 5 heteroatoms. The van der Waals surface area contributed by atoms with E-state index < -0.39 is 11.6 Å². The maximum atomic E-state index is 12.8. The lowest BCUT2D eigenvalue weighted by Gasteiger charge is -2.12. The summed E-state index contributed by atoms with van der Waals surface area (Å²) in [5.41, 5.74) is 0. The number of benzene rings is 1. The van der Waals surface area contributed by atoms with Crippen molar-refractivity contribution in [3.63, 3.8) is 0 Å². The first kappa shape index (κ1) is 12.2. The number of nitrogens with one attached hydrogen (secondary N) is 1. The summed E-state index contributed by atoms with van der Waals surface area (Å²) in [7, 11) is 0. The summed E-state index contributed by atoms with van der Waals surface area (Å²) in [4.78, 5) is 0. The summed E-state index contributed by atoms with van der Waals surface area (Å²) >= 11 is 0. The van der Waals surface area contributed by atoms with Crippen molar-refractivity contribution in [2.75, 3.05) is 13.1 Å². The second kappa shape index (κ2) is 5.28. The van der Waals surface area contributed by atoms with Gasteiger partial charge in [0, 0.05) is 12.6 Å². The largest absolute Gasteiger partial charge is 0.489 e. The summed E-state index contributed by atoms with van der Waals surface area (Å²) in [6.45, 7) is 1.67. The third kappa shape index (κ3) is 3.04. The minimum absolute atomic E-state index is 0. The van der Waals surface area contributed by atoms with E-state index in [1.54, 1.807) is 0 Å². The summed E-state index contributed by atoms with van der Waals surface area (Å²) < 4.78 is 30.8. The van der Waals surface area contributed by atoms with Gasteiger partial charge in [-0.25, -0.2) is 8.78 Å². The summed E-state index contributed by atoms with van der Waals surface area (Å²) in [5.74, 6) is -1.33. The normalized spacial score (nSPS) is 19.7. The smallest absolute Gasteiger partial charge is 0.162 e. The van der Waals surface area contributed by atoms with Gasteiger partial charge in [0.05, 0.1) is 0 Å². The molecule has 1 aromatic rings. The van der Waals surface area contributed by atoms with Crippen molar-refractivity contribution >= 4 is 12.4 Å². The van der Waals surface area contributed by atoms with Crippen molar-refractivity contribution in [3.05, 3.63) is 29.8 Å². The third-order valence-corrected chi connectivity index (χ3v) is 2.21. The molecule has 15 heavy (non-hydrogen) atoms. The van der Waals surface area contributed by atoms with Gasteiger partial charge in [0.2, 0.25) is 0 Å². The van der Waals surface area contributed by atoms with Gasteiger partial charge in [0.15, 0.2) is 11.6 Å². The number of halogens is 3. The molecule has 1 atom stereocenters. The lowest BCUT2D eigenvalue weighted by molar-refractivity contribution is 0.221. The molecule has 1 fully saturated rings. The van der Waals surface area contributed by atoms with E-state index in [0.29, 0.717) is 5.75 Å². The maximum absolute atomic E-state index is 12.8. The van der Waals surface area contributed by atoms with Gasteiger partial charge in [0.25, 0.3) is 0 Å². The molecule has 0 saturated carbocycles. The molecule has 0 aliphatic carbocycles. The second-order valence-corrected chi connectivity index (χ2v) is 3.31. The fourth-order valence-electron chi connectivity index (χ4n) is 1.47. The molecule has 2 rings (SSSR count). The second-order valence-electron chi connectivity index (χ2n) is 3.31. The van der Waals surface area contributed by atoms with Crippen LogP contribution in [0.25, 0.3) is 0 Å². The number of hydrogen-bond acceptors (Lipinski definition) is 2. The summed E-state index contributed by atoms with van der Waals surface area (Å²) in [5, 5.41) is 3.13. The molecule has 0 amide bonds. The highest BCUT2D eigenvalue weighted by Crippen LogP contribution is 2.18. The Bertz CT molecular complexity index is 329. The molecule has 84 valence electrons. The molecule has 0 aromatic heterocycles. The van der Waals surface area contributed by atoms with Crippen molar-refractivity contribution in [1.29, 1.82) is 0 Å². The van der Waals surface area contributed by atoms with Crippen LogP contribution in [0.3, 0.4) is 0 Å². The monoisotopic (exact) mass is 235 g/mol. The average Bonchev–Trinajstić information content (AvgIpc) is 2.64. The van der Waals surface area contributed by atoms with Crippen LogP contribution >= 0.6 is 12.4 Å². The Morgan fingerprint density at radius 1 is 1.27 bits per heavy atom. The summed E-state index contributed by atoms with van der Waals surface area (Å²) in [6.07, 6.45) is 0.971. The SMILES string of the molecule is Cl.Fc1ccc(O[C@@H]2CCNC2)cc1F. The third-order valence-electron chi connectivity index (χ3n) is 2.21. The molecule has 0 bridgehead atoms. The van der Waals surface area contributed by atoms with E-state index in [4.69, 9.17) is 4.74 Å². The number of hydrogen-bond donors (Lipinski definition) is 1. The Morgan fingerprint density at radius 3 is 2.67 bits per heavy atom. The zero-order valence-electron chi connectivity index (χ0n) is 8.00. The van der Waals surface area contributed by atoms with Crippen LogP contribution in [0.2, 0.25) is 0 Å². The Kier molecular flexibility index (Phi) is 4.29. The van der Waals surface area contributed by atoms with Gasteiger partial charge in [-0.3, -0.25) is 0 Å². The van der Waals surface area contributed by atoms with Crippen molar-refractivity contribution in [3.8, 4) is 5.75 Å². The van der Waals surface area contributed by atoms with Crippen LogP contribution in [-0.2, 0) is 0 Å². The Balaban J connectivity index is 0.00000112. The van der Waals surface area contributed by atoms with Crippen LogP contribution in [-0.4, -0.2) is 19.2 Å². The fourth-order valence-corrected chi connectivity index (χ4v) is 1.47. The van der Waals surface area contributed by atoms with Gasteiger partial charge in [-0.15, -0.1) is 12.4 Å². The van der Waals surface area contributed by atoms with E-state index in [9.17, 15) is 8.78 Å². The lowest BCUT2D eigenvalue weighted by Crippen LogP contribution is -2.19. The molecule has 1 N–H and O–H groups in total. The molecule has 2 nitrogen and oxygen atoms in total. The van der Waals surface area contributed by atoms with Gasteiger partial charge in [-0.05, 0) is 25.1 Å². The van der Waals surface area contributed by atoms with Crippen molar-refractivity contribution < 1.29 is 13.5 Å². The van der Waals surface area contributed by atoms with Gasteiger partial charge in [-0.2, -0.15) is 0 Å². The minimum Gasteiger partial charge on any atom is -0.489 e. The minimum atomic E-state index is -0.867. The van der Waals surface area contributed by atoms with E-state index in [-0.39, 0.29) is 18.5 Å². The molecule has 1 heterocycles. The molecule has 1 aliphatic rings. The van der Waals surface area contributed by atoms with Crippen molar-refractivity contribution in [2.45, 2.75) is 12.5 Å². The molecular formula is C10H12ClF2NO. The molecule has 0 unspecified atom stereocenters. The van der Waals surface area contributed by atoms with Crippen LogP contribution < -0.4 is 10.1 Å². The van der Waals surface area contributed by atoms with Gasteiger partial charge in [0.1, 0.15) is 11.9 Å². The molecule has 0 spiro atoms. The van der Waals surface area contributed by atoms with Crippen LogP contribution in [0, 0.1) is 11.6 Å². The highest BCUT2D eigenvalue weighted by molar-refractivity contribution is 5.85. The van der Waals surface area contributed by atoms with Crippen LogP contribution in [0.15, 0.2) is 18.2 Å². The quantitative estimate of drug-likeness (QED) is 0.848. The molecular weight excluding hydrogens is 224 g/mol. The highest BCUT2D eigenvalue weighted by atomic mass is 35.5. The maximum Gasteiger partial charge on any atom is 0.162 e. The zero-order chi connectivity index (χ0) is 9.97. The Hall–Kier alpha value is -0.870. The zero-order valence-corrected chi connectivity index (χ0v) is 8.82. The number of ether oxygens (including phenoxy) is 1. The van der Waals surface area contributed by atoms with Crippen LogP contribution in [0.4, 0.5) is 8.78 Å². The average molecular weight is 236 g/mol. The molecule has 0 radical (unpaired) electrons. The first-order valence-electron chi connectivity index (χ1n) is 4.58. The van der Waals surface area contributed by atoms with Crippen molar-refractivity contribution in [1.82, 2.24) is 5.32 Å². The number of rotatable bonds is 2. The van der Waals surface area contributed by atoms with E-state index in [2.05, 4.69) is 5.32 Å². The van der Waals surface area contributed by atoms with Gasteiger partial charge >= 0.3 is 0 Å². The molecule has 1 aliphatic heterocycles. The molecule has 1 saturated heterocycles. The first-order chi connectivity index (χ1) is 6.75. The van der Waals surface area contributed by atoms with Crippen molar-refractivity contribution in [2.24, 2.45) is 0 Å². The lowest BCUT2D eigenvalue weighted by atomic mass is 10.3. The van der Waals surface area contributed by atoms with Gasteiger partial charge < -0.3 is 10.1 Å². The first-order valence-corrected chi connectivity index (χ1v) is 4.58. The fraction of sp³-hybridized carbons (Fsp3) is 0.400.